The first-order chi connectivity index (χ1) is 9.12. The number of hydrogen-bond acceptors (Lipinski definition) is 4. The molecule has 0 aliphatic heterocycles. The molecule has 4 nitrogen and oxygen atoms in total. The largest absolute Gasteiger partial charge is 0.328 e. The molecule has 2 N–H and O–H groups in total. The van der Waals surface area contributed by atoms with Crippen LogP contribution in [0.15, 0.2) is 0 Å². The number of nitrogens with zero attached hydrogens (tertiary/aromatic N) is 1. The molecule has 0 rings (SSSR count). The summed E-state index contributed by atoms with van der Waals surface area (Å²) in [5, 5.41) is 0. The molecule has 118 valence electrons. The molecule has 0 aromatic heterocycles. The van der Waals surface area contributed by atoms with Crippen LogP contribution in [0.3, 0.4) is 0 Å². The summed E-state index contributed by atoms with van der Waals surface area (Å²) in [4.78, 5) is 19.2. The molecule has 0 aliphatic rings. The predicted molar refractivity (Wildman–Crippen MR) is 84.1 cm³/mol. The van der Waals surface area contributed by atoms with Crippen LogP contribution in [-0.2, 0) is 4.52 Å². The molecular formula is C14H34NO3P. The Morgan fingerprint density at radius 1 is 0.789 bits per heavy atom. The van der Waals surface area contributed by atoms with Crippen molar-refractivity contribution in [2.75, 3.05) is 26.2 Å². The summed E-state index contributed by atoms with van der Waals surface area (Å²) in [6.45, 7) is 12.8. The van der Waals surface area contributed by atoms with Gasteiger partial charge in [0.15, 0.2) is 0 Å². The number of hydrogen-bond donors (Lipinski definition) is 2. The summed E-state index contributed by atoms with van der Waals surface area (Å²) >= 11 is 0. The molecule has 0 unspecified atom stereocenters. The lowest BCUT2D eigenvalue weighted by molar-refractivity contribution is 0.248. The topological polar surface area (TPSA) is 52.9 Å². The Morgan fingerprint density at radius 2 is 1.26 bits per heavy atom. The molecule has 0 spiro atoms. The van der Waals surface area contributed by atoms with Gasteiger partial charge in [0.2, 0.25) is 0 Å². The first kappa shape index (κ1) is 21.6. The highest BCUT2D eigenvalue weighted by atomic mass is 31.2. The van der Waals surface area contributed by atoms with Gasteiger partial charge in [-0.3, -0.25) is 0 Å². The van der Waals surface area contributed by atoms with E-state index < -0.39 is 8.60 Å². The lowest BCUT2D eigenvalue weighted by Gasteiger charge is -2.13. The van der Waals surface area contributed by atoms with Gasteiger partial charge in [-0.05, 0) is 26.1 Å². The van der Waals surface area contributed by atoms with Crippen molar-refractivity contribution in [2.24, 2.45) is 0 Å². The normalized spacial score (nSPS) is 10.7. The summed E-state index contributed by atoms with van der Waals surface area (Å²) in [5.74, 6) is 0. The SMILES string of the molecule is CCCCCCCCOP(O)O.CCN(CC)CC. The van der Waals surface area contributed by atoms with E-state index in [2.05, 4.69) is 37.1 Å². The maximum atomic E-state index is 8.39. The Morgan fingerprint density at radius 3 is 1.63 bits per heavy atom. The lowest BCUT2D eigenvalue weighted by Crippen LogP contribution is -2.21. The van der Waals surface area contributed by atoms with Crippen LogP contribution < -0.4 is 0 Å². The first-order valence-electron chi connectivity index (χ1n) is 7.65. The van der Waals surface area contributed by atoms with Crippen LogP contribution in [0, 0.1) is 0 Å². The second kappa shape index (κ2) is 18.3. The van der Waals surface area contributed by atoms with Gasteiger partial charge in [0.05, 0.1) is 6.61 Å². The molecule has 0 amide bonds. The molecule has 0 aromatic rings. The van der Waals surface area contributed by atoms with E-state index in [9.17, 15) is 0 Å². The Balaban J connectivity index is 0. The average Bonchev–Trinajstić information content (AvgIpc) is 2.40. The van der Waals surface area contributed by atoms with E-state index in [-0.39, 0.29) is 0 Å². The molecule has 0 atom stereocenters. The van der Waals surface area contributed by atoms with Gasteiger partial charge in [0, 0.05) is 0 Å². The summed E-state index contributed by atoms with van der Waals surface area (Å²) in [6, 6.07) is 0. The van der Waals surface area contributed by atoms with Crippen molar-refractivity contribution in [3.63, 3.8) is 0 Å². The van der Waals surface area contributed by atoms with Crippen molar-refractivity contribution < 1.29 is 14.3 Å². The van der Waals surface area contributed by atoms with E-state index in [1.807, 2.05) is 0 Å². The van der Waals surface area contributed by atoms with Gasteiger partial charge in [0.25, 0.3) is 0 Å². The van der Waals surface area contributed by atoms with Gasteiger partial charge in [0.1, 0.15) is 0 Å². The monoisotopic (exact) mass is 295 g/mol. The third-order valence-electron chi connectivity index (χ3n) is 3.05. The molecule has 0 aromatic carbocycles. The molecule has 0 bridgehead atoms. The van der Waals surface area contributed by atoms with Gasteiger partial charge in [-0.15, -0.1) is 0 Å². The average molecular weight is 295 g/mol. The van der Waals surface area contributed by atoms with Crippen LogP contribution in [0.2, 0.25) is 0 Å². The zero-order valence-corrected chi connectivity index (χ0v) is 14.2. The second-order valence-corrected chi connectivity index (χ2v) is 5.24. The highest BCUT2D eigenvalue weighted by Crippen LogP contribution is 2.24. The first-order valence-corrected chi connectivity index (χ1v) is 8.81. The molecule has 0 saturated carbocycles. The van der Waals surface area contributed by atoms with Gasteiger partial charge >= 0.3 is 8.60 Å². The molecule has 0 saturated heterocycles. The van der Waals surface area contributed by atoms with Crippen LogP contribution in [0.5, 0.6) is 0 Å². The molecule has 0 heterocycles. The summed E-state index contributed by atoms with van der Waals surface area (Å²) in [6.07, 6.45) is 7.13. The lowest BCUT2D eigenvalue weighted by atomic mass is 10.1. The summed E-state index contributed by atoms with van der Waals surface area (Å²) in [5.41, 5.74) is 0. The fraction of sp³-hybridized carbons (Fsp3) is 1.00. The number of unbranched alkanes of at least 4 members (excludes halogenated alkanes) is 5. The van der Waals surface area contributed by atoms with Gasteiger partial charge in [-0.25, -0.2) is 0 Å². The molecule has 0 aliphatic carbocycles. The van der Waals surface area contributed by atoms with Crippen LogP contribution >= 0.6 is 8.60 Å². The highest BCUT2D eigenvalue weighted by Gasteiger charge is 1.97. The van der Waals surface area contributed by atoms with Gasteiger partial charge in [-0.2, -0.15) is 0 Å². The quantitative estimate of drug-likeness (QED) is 0.448. The van der Waals surface area contributed by atoms with Gasteiger partial charge in [-0.1, -0.05) is 59.8 Å². The minimum Gasteiger partial charge on any atom is -0.328 e. The standard InChI is InChI=1S/C8H19O3P.C6H15N/c1-2-3-4-5-6-7-8-11-12(9)10;1-4-7(5-2)6-3/h9-10H,2-8H2,1H3;4-6H2,1-3H3. The Labute approximate surface area is 121 Å². The predicted octanol–water partition coefficient (Wildman–Crippen LogP) is 3.92. The Kier molecular flexibility index (Phi) is 20.7. The van der Waals surface area contributed by atoms with E-state index in [4.69, 9.17) is 9.79 Å². The molecule has 0 radical (unpaired) electrons. The van der Waals surface area contributed by atoms with Crippen LogP contribution in [0.25, 0.3) is 0 Å². The Hall–Kier alpha value is 0.270. The van der Waals surface area contributed by atoms with Crippen molar-refractivity contribution in [2.45, 2.75) is 66.2 Å². The minimum absolute atomic E-state index is 0.477. The van der Waals surface area contributed by atoms with Crippen molar-refractivity contribution in [3.05, 3.63) is 0 Å². The van der Waals surface area contributed by atoms with Crippen molar-refractivity contribution in [1.29, 1.82) is 0 Å². The molecule has 0 fully saturated rings. The maximum Gasteiger partial charge on any atom is 0.327 e. The molecule has 5 heteroatoms. The molecular weight excluding hydrogens is 261 g/mol. The third-order valence-corrected chi connectivity index (χ3v) is 3.46. The van der Waals surface area contributed by atoms with E-state index in [1.165, 1.54) is 45.3 Å². The minimum atomic E-state index is -2.13. The molecule has 19 heavy (non-hydrogen) atoms. The van der Waals surface area contributed by atoms with E-state index in [0.29, 0.717) is 6.61 Å². The van der Waals surface area contributed by atoms with Crippen molar-refractivity contribution in [1.82, 2.24) is 4.90 Å². The maximum absolute atomic E-state index is 8.39. The smallest absolute Gasteiger partial charge is 0.327 e. The number of rotatable bonds is 11. The van der Waals surface area contributed by atoms with Crippen molar-refractivity contribution in [3.8, 4) is 0 Å². The Bertz CT molecular complexity index is 150. The zero-order valence-electron chi connectivity index (χ0n) is 13.3. The third kappa shape index (κ3) is 20.7. The second-order valence-electron chi connectivity index (χ2n) is 4.47. The van der Waals surface area contributed by atoms with Gasteiger partial charge < -0.3 is 19.2 Å². The highest BCUT2D eigenvalue weighted by molar-refractivity contribution is 7.39. The van der Waals surface area contributed by atoms with E-state index in [0.717, 1.165) is 12.8 Å². The van der Waals surface area contributed by atoms with Crippen molar-refractivity contribution >= 4 is 8.60 Å². The fourth-order valence-electron chi connectivity index (χ4n) is 1.70. The van der Waals surface area contributed by atoms with Crippen LogP contribution in [0.1, 0.15) is 66.2 Å². The van der Waals surface area contributed by atoms with E-state index in [1.54, 1.807) is 0 Å². The van der Waals surface area contributed by atoms with Crippen LogP contribution in [-0.4, -0.2) is 40.9 Å². The summed E-state index contributed by atoms with van der Waals surface area (Å²) in [7, 11) is -2.13. The zero-order chi connectivity index (χ0) is 14.9. The fourth-order valence-corrected chi connectivity index (χ4v) is 1.99. The van der Waals surface area contributed by atoms with Crippen LogP contribution in [0.4, 0.5) is 0 Å². The summed E-state index contributed by atoms with van der Waals surface area (Å²) < 4.78 is 4.62. The van der Waals surface area contributed by atoms with E-state index >= 15 is 0 Å².